The number of rotatable bonds is 1. The third kappa shape index (κ3) is 2.21. The summed E-state index contributed by atoms with van der Waals surface area (Å²) in [5.74, 6) is 1.17. The Bertz CT molecular complexity index is 668. The first kappa shape index (κ1) is 12.2. The van der Waals surface area contributed by atoms with Gasteiger partial charge in [-0.2, -0.15) is 0 Å². The van der Waals surface area contributed by atoms with Crippen LogP contribution in [0.5, 0.6) is 0 Å². The summed E-state index contributed by atoms with van der Waals surface area (Å²) in [6.07, 6.45) is 3.52. The highest BCUT2D eigenvalue weighted by molar-refractivity contribution is 5.62. The van der Waals surface area contributed by atoms with Gasteiger partial charge in [0.1, 0.15) is 11.3 Å². The van der Waals surface area contributed by atoms with Crippen LogP contribution < -0.4 is 5.49 Å². The maximum Gasteiger partial charge on any atom is 0.130 e. The summed E-state index contributed by atoms with van der Waals surface area (Å²) in [5, 5.41) is 0. The minimum Gasteiger partial charge on any atom is -0.315 e. The first-order valence-corrected chi connectivity index (χ1v) is 6.89. The fraction of sp³-hybridized carbons (Fsp3) is 0.375. The Balaban J connectivity index is 2.22. The first-order chi connectivity index (χ1) is 9.29. The van der Waals surface area contributed by atoms with Crippen LogP contribution in [0.4, 0.5) is 0 Å². The molecule has 19 heavy (non-hydrogen) atoms. The second-order valence-electron chi connectivity index (χ2n) is 5.06. The van der Waals surface area contributed by atoms with Crippen LogP contribution in [0.3, 0.4) is 0 Å². The van der Waals surface area contributed by atoms with E-state index in [4.69, 9.17) is 4.98 Å². The lowest BCUT2D eigenvalue weighted by molar-refractivity contribution is 0.491. The molecule has 1 aromatic heterocycles. The number of hydrogen-bond donors (Lipinski definition) is 0. The molecule has 0 radical (unpaired) electrons. The fourth-order valence-corrected chi connectivity index (χ4v) is 2.74. The van der Waals surface area contributed by atoms with Gasteiger partial charge in [-0.05, 0) is 25.3 Å². The molecule has 0 aliphatic carbocycles. The van der Waals surface area contributed by atoms with Crippen LogP contribution in [-0.2, 0) is 13.0 Å². The third-order valence-electron chi connectivity index (χ3n) is 3.79. The summed E-state index contributed by atoms with van der Waals surface area (Å²) in [6, 6.07) is 10.5. The Morgan fingerprint density at radius 2 is 2.05 bits per heavy atom. The van der Waals surface area contributed by atoms with E-state index in [2.05, 4.69) is 46.8 Å². The Kier molecular flexibility index (Phi) is 3.20. The van der Waals surface area contributed by atoms with Gasteiger partial charge >= 0.3 is 0 Å². The average Bonchev–Trinajstić information content (AvgIpc) is 2.46. The number of benzene rings is 1. The van der Waals surface area contributed by atoms with Crippen LogP contribution in [0.1, 0.15) is 24.2 Å². The zero-order valence-electron chi connectivity index (χ0n) is 11.6. The van der Waals surface area contributed by atoms with E-state index in [-0.39, 0.29) is 0 Å². The summed E-state index contributed by atoms with van der Waals surface area (Å²) in [6.45, 7) is 3.18. The number of nitrogens with zero attached hydrogens (tertiary/aromatic N) is 3. The number of aromatic nitrogens is 2. The molecular weight excluding hydrogens is 234 g/mol. The van der Waals surface area contributed by atoms with Gasteiger partial charge in [-0.25, -0.2) is 4.98 Å². The molecule has 0 saturated heterocycles. The maximum absolute atomic E-state index is 4.86. The van der Waals surface area contributed by atoms with Crippen molar-refractivity contribution in [2.75, 3.05) is 7.05 Å². The number of hydrogen-bond acceptors (Lipinski definition) is 2. The van der Waals surface area contributed by atoms with Crippen LogP contribution in [0.2, 0.25) is 0 Å². The van der Waals surface area contributed by atoms with Gasteiger partial charge in [-0.3, -0.25) is 4.99 Å². The molecule has 0 spiro atoms. The van der Waals surface area contributed by atoms with Gasteiger partial charge in [0.2, 0.25) is 0 Å². The lowest BCUT2D eigenvalue weighted by Gasteiger charge is -2.19. The van der Waals surface area contributed by atoms with Gasteiger partial charge in [0.15, 0.2) is 0 Å². The summed E-state index contributed by atoms with van der Waals surface area (Å²) < 4.78 is 2.26. The van der Waals surface area contributed by atoms with Gasteiger partial charge in [0.05, 0.1) is 5.69 Å². The lowest BCUT2D eigenvalue weighted by Crippen LogP contribution is -2.29. The molecule has 3 nitrogen and oxygen atoms in total. The topological polar surface area (TPSA) is 30.2 Å². The summed E-state index contributed by atoms with van der Waals surface area (Å²) in [7, 11) is 1.86. The Morgan fingerprint density at radius 3 is 2.84 bits per heavy atom. The van der Waals surface area contributed by atoms with Crippen molar-refractivity contribution in [3.63, 3.8) is 0 Å². The van der Waals surface area contributed by atoms with Gasteiger partial charge in [-0.1, -0.05) is 24.3 Å². The molecule has 0 atom stereocenters. The summed E-state index contributed by atoms with van der Waals surface area (Å²) in [4.78, 5) is 9.28. The molecule has 2 aromatic rings. The van der Waals surface area contributed by atoms with Crippen molar-refractivity contribution >= 4 is 0 Å². The van der Waals surface area contributed by atoms with E-state index in [0.29, 0.717) is 0 Å². The minimum absolute atomic E-state index is 1.04. The molecular formula is C16H19N3. The van der Waals surface area contributed by atoms with Crippen molar-refractivity contribution in [1.29, 1.82) is 0 Å². The standard InChI is InChI=1S/C16H19N3/c1-12-7-3-4-8-13(12)14-11-16(17-2)19-10-6-5-9-15(19)18-14/h3-4,7-8,11H,5-6,9-10H2,1-2H3. The molecule has 1 aliphatic heterocycles. The molecule has 2 heterocycles. The third-order valence-corrected chi connectivity index (χ3v) is 3.79. The van der Waals surface area contributed by atoms with Crippen LogP contribution in [0, 0.1) is 6.92 Å². The molecule has 0 unspecified atom stereocenters. The number of fused-ring (bicyclic) bond motifs is 1. The van der Waals surface area contributed by atoms with Crippen molar-refractivity contribution < 1.29 is 0 Å². The van der Waals surface area contributed by atoms with Gasteiger partial charge < -0.3 is 4.57 Å². The van der Waals surface area contributed by atoms with E-state index in [1.54, 1.807) is 0 Å². The van der Waals surface area contributed by atoms with Crippen LogP contribution in [0.25, 0.3) is 11.3 Å². The summed E-state index contributed by atoms with van der Waals surface area (Å²) >= 11 is 0. The maximum atomic E-state index is 4.86. The zero-order valence-corrected chi connectivity index (χ0v) is 11.6. The molecule has 3 heteroatoms. The highest BCUT2D eigenvalue weighted by atomic mass is 15.1. The van der Waals surface area contributed by atoms with Crippen LogP contribution in [0.15, 0.2) is 35.3 Å². The zero-order chi connectivity index (χ0) is 13.2. The van der Waals surface area contributed by atoms with Gasteiger partial charge in [-0.15, -0.1) is 0 Å². The molecule has 0 bridgehead atoms. The Morgan fingerprint density at radius 1 is 1.21 bits per heavy atom. The Hall–Kier alpha value is -1.90. The van der Waals surface area contributed by atoms with Crippen molar-refractivity contribution in [2.45, 2.75) is 32.7 Å². The van der Waals surface area contributed by atoms with E-state index >= 15 is 0 Å². The molecule has 0 amide bonds. The molecule has 3 rings (SSSR count). The predicted octanol–water partition coefficient (Wildman–Crippen LogP) is 2.73. The monoisotopic (exact) mass is 253 g/mol. The van der Waals surface area contributed by atoms with Gasteiger partial charge in [0.25, 0.3) is 0 Å². The van der Waals surface area contributed by atoms with Gasteiger partial charge in [0, 0.05) is 31.6 Å². The van der Waals surface area contributed by atoms with Crippen LogP contribution >= 0.6 is 0 Å². The van der Waals surface area contributed by atoms with E-state index in [1.165, 1.54) is 29.8 Å². The van der Waals surface area contributed by atoms with E-state index < -0.39 is 0 Å². The molecule has 1 aromatic carbocycles. The average molecular weight is 253 g/mol. The first-order valence-electron chi connectivity index (χ1n) is 6.89. The Labute approximate surface area is 113 Å². The minimum atomic E-state index is 1.04. The van der Waals surface area contributed by atoms with E-state index in [9.17, 15) is 0 Å². The largest absolute Gasteiger partial charge is 0.315 e. The highest BCUT2D eigenvalue weighted by Crippen LogP contribution is 2.21. The number of aryl methyl sites for hydroxylation is 2. The molecule has 98 valence electrons. The van der Waals surface area contributed by atoms with Crippen molar-refractivity contribution in [2.24, 2.45) is 4.99 Å². The lowest BCUT2D eigenvalue weighted by atomic mass is 10.0. The van der Waals surface area contributed by atoms with Crippen molar-refractivity contribution in [3.05, 3.63) is 47.2 Å². The summed E-state index contributed by atoms with van der Waals surface area (Å²) in [5.41, 5.74) is 4.56. The predicted molar refractivity (Wildman–Crippen MR) is 76.8 cm³/mol. The smallest absolute Gasteiger partial charge is 0.130 e. The highest BCUT2D eigenvalue weighted by Gasteiger charge is 2.13. The second kappa shape index (κ2) is 5.00. The van der Waals surface area contributed by atoms with E-state index in [1.807, 2.05) is 7.05 Å². The quantitative estimate of drug-likeness (QED) is 0.768. The molecule has 1 aliphatic rings. The van der Waals surface area contributed by atoms with E-state index in [0.717, 1.165) is 24.1 Å². The molecule has 0 fully saturated rings. The SMILES string of the molecule is CN=c1cc(-c2ccccc2C)nc2n1CCCC2. The van der Waals surface area contributed by atoms with Crippen molar-refractivity contribution in [1.82, 2.24) is 9.55 Å². The second-order valence-corrected chi connectivity index (χ2v) is 5.06. The fourth-order valence-electron chi connectivity index (χ4n) is 2.74. The normalized spacial score (nSPS) is 15.4. The molecule has 0 saturated carbocycles. The molecule has 0 N–H and O–H groups in total. The van der Waals surface area contributed by atoms with Crippen molar-refractivity contribution in [3.8, 4) is 11.3 Å². The van der Waals surface area contributed by atoms with Crippen LogP contribution in [-0.4, -0.2) is 16.6 Å².